The van der Waals surface area contributed by atoms with Crippen molar-refractivity contribution in [2.45, 2.75) is 66.2 Å². The van der Waals surface area contributed by atoms with Crippen LogP contribution in [0.15, 0.2) is 364 Å². The quantitative estimate of drug-likeness (QED) is 0.103. The lowest BCUT2D eigenvalue weighted by Gasteiger charge is -2.20. The second-order valence-electron chi connectivity index (χ2n) is 35.0. The van der Waals surface area contributed by atoms with Gasteiger partial charge in [0, 0.05) is 43.1 Å². The Labute approximate surface area is 762 Å². The minimum absolute atomic E-state index is 0.193. The summed E-state index contributed by atoms with van der Waals surface area (Å²) in [6, 6.07) is 107. The van der Waals surface area contributed by atoms with E-state index in [9.17, 15) is 0 Å². The molecule has 0 amide bonds. The Balaban J connectivity index is 0.644. The molecule has 16 heteroatoms. The molecule has 0 spiro atoms. The van der Waals surface area contributed by atoms with Gasteiger partial charge in [-0.25, -0.2) is 0 Å². The molecule has 0 bridgehead atoms. The number of nitrogens with zero attached hydrogens (tertiary/aromatic N) is 4. The van der Waals surface area contributed by atoms with Crippen molar-refractivity contribution in [3.63, 3.8) is 0 Å². The zero-order valence-electron chi connectivity index (χ0n) is 73.0. The highest BCUT2D eigenvalue weighted by Gasteiger charge is 2.40. The molecule has 4 heterocycles. The van der Waals surface area contributed by atoms with Crippen LogP contribution in [-0.4, -0.2) is 18.3 Å². The van der Waals surface area contributed by atoms with Gasteiger partial charge in [-0.2, -0.15) is 52.7 Å². The lowest BCUT2D eigenvalue weighted by molar-refractivity contribution is -0.138. The maximum atomic E-state index is 16.4. The van der Waals surface area contributed by atoms with Crippen molar-refractivity contribution in [2.75, 3.05) is 0 Å². The first-order valence-electron chi connectivity index (χ1n) is 44.0. The zero-order valence-corrected chi connectivity index (χ0v) is 73.0. The highest BCUT2D eigenvalue weighted by atomic mass is 19.4. The number of rotatable bonds is 13. The molecule has 654 valence electrons. The summed E-state index contributed by atoms with van der Waals surface area (Å²) in [5.41, 5.74) is 17.3. The van der Waals surface area contributed by atoms with Gasteiger partial charge in [-0.05, 0) is 290 Å². The molecular formula is C118H78F12N4. The summed E-state index contributed by atoms with van der Waals surface area (Å²) < 4.78 is 199. The third-order valence-electron chi connectivity index (χ3n) is 27.0. The zero-order chi connectivity index (χ0) is 92.4. The maximum Gasteiger partial charge on any atom is 0.418 e. The van der Waals surface area contributed by atoms with E-state index < -0.39 is 47.0 Å². The number of aromatic nitrogens is 4. The van der Waals surface area contributed by atoms with Gasteiger partial charge in [-0.1, -0.05) is 249 Å². The third kappa shape index (κ3) is 14.2. The maximum absolute atomic E-state index is 16.4. The van der Waals surface area contributed by atoms with E-state index in [1.54, 1.807) is 48.6 Å². The predicted octanol–water partition coefficient (Wildman–Crippen LogP) is 35.0. The molecule has 0 aliphatic heterocycles. The topological polar surface area (TPSA) is 19.7 Å². The van der Waals surface area contributed by atoms with Crippen LogP contribution in [0.5, 0.6) is 0 Å². The molecule has 0 unspecified atom stereocenters. The Morgan fingerprint density at radius 2 is 0.373 bits per heavy atom. The molecule has 0 N–H and O–H groups in total. The van der Waals surface area contributed by atoms with Crippen molar-refractivity contribution >= 4 is 87.2 Å². The van der Waals surface area contributed by atoms with Crippen LogP contribution in [0.3, 0.4) is 0 Å². The van der Waals surface area contributed by atoms with Crippen molar-refractivity contribution in [3.05, 3.63) is 420 Å². The normalized spacial score (nSPS) is 12.4. The van der Waals surface area contributed by atoms with Gasteiger partial charge in [0.1, 0.15) is 0 Å². The van der Waals surface area contributed by atoms with Gasteiger partial charge in [0.2, 0.25) is 0 Å². The predicted molar refractivity (Wildman–Crippen MR) is 521 cm³/mol. The molecule has 0 saturated heterocycles. The monoisotopic (exact) mass is 1780 g/mol. The van der Waals surface area contributed by atoms with Gasteiger partial charge in [-0.15, -0.1) is 0 Å². The number of hydrogen-bond acceptors (Lipinski definition) is 0. The van der Waals surface area contributed by atoms with Gasteiger partial charge < -0.3 is 18.3 Å². The summed E-state index contributed by atoms with van der Waals surface area (Å²) in [4.78, 5) is 0. The van der Waals surface area contributed by atoms with Crippen LogP contribution in [0.2, 0.25) is 0 Å². The summed E-state index contributed by atoms with van der Waals surface area (Å²) in [6.45, 7) is 11.9. The van der Waals surface area contributed by atoms with Gasteiger partial charge in [0.05, 0.1) is 89.1 Å². The van der Waals surface area contributed by atoms with Gasteiger partial charge >= 0.3 is 24.7 Å². The molecule has 0 aliphatic carbocycles. The Kier molecular flexibility index (Phi) is 19.8. The second-order valence-corrected chi connectivity index (χ2v) is 35.0. The van der Waals surface area contributed by atoms with Crippen LogP contribution >= 0.6 is 0 Å². The largest absolute Gasteiger partial charge is 0.418 e. The Bertz CT molecular complexity index is 8550. The standard InChI is InChI=1S/C118H78F12N4/c1-67-19-7-11-23-85(67)79-42-53-105-97(57-79)90-27-15-17-29-103(90)131(105)111-59-75(38-49-99(111)115(119,120)121)76-39-50-100(116(122,123)124)112(60-76)132-104-30-18-16-28-91(104)98-58-80(43-54-106(98)132)96-56-74(32-31-71(96)5)73-33-44-89(72(6)55-73)84-37-48-95-94-47-36-83(88-26-14-10-22-70(88)4)65-109(94)134(110(95)66-84)114-62-78(41-52-102(114)118(128,129)130)77-40-51-101(117(125,126)127)113(61-77)133-107-63-81(86-24-12-8-20-68(86)2)34-45-92(107)93-46-35-82(64-108(93)133)87-25-13-9-21-69(87)3/h7-66H,1-6H3. The van der Waals surface area contributed by atoms with Crippen LogP contribution in [-0.2, 0) is 24.7 Å². The molecule has 4 nitrogen and oxygen atoms in total. The number of alkyl halides is 12. The fourth-order valence-corrected chi connectivity index (χ4v) is 20.4. The molecule has 0 atom stereocenters. The molecule has 18 aromatic carbocycles. The highest BCUT2D eigenvalue weighted by Crippen LogP contribution is 2.51. The van der Waals surface area contributed by atoms with Crippen LogP contribution in [0, 0.1) is 41.5 Å². The Morgan fingerprint density at radius 3 is 0.694 bits per heavy atom. The second kappa shape index (κ2) is 31.5. The first kappa shape index (κ1) is 83.9. The first-order valence-corrected chi connectivity index (χ1v) is 44.0. The molecule has 0 fully saturated rings. The summed E-state index contributed by atoms with van der Waals surface area (Å²) >= 11 is 0. The van der Waals surface area contributed by atoms with Gasteiger partial charge in [0.15, 0.2) is 0 Å². The van der Waals surface area contributed by atoms with Crippen molar-refractivity contribution < 1.29 is 52.7 Å². The fourth-order valence-electron chi connectivity index (χ4n) is 20.4. The molecule has 22 aromatic rings. The van der Waals surface area contributed by atoms with E-state index in [1.165, 1.54) is 48.5 Å². The molecule has 22 rings (SSSR count). The van der Waals surface area contributed by atoms with E-state index in [0.717, 1.165) is 141 Å². The van der Waals surface area contributed by atoms with Crippen molar-refractivity contribution in [3.8, 4) is 123 Å². The minimum Gasteiger partial charge on any atom is -0.309 e. The van der Waals surface area contributed by atoms with Crippen LogP contribution in [0.1, 0.15) is 55.6 Å². The molecule has 0 saturated carbocycles. The van der Waals surface area contributed by atoms with E-state index in [4.69, 9.17) is 0 Å². The molecule has 4 aromatic heterocycles. The first-order chi connectivity index (χ1) is 64.4. The summed E-state index contributed by atoms with van der Waals surface area (Å²) in [5, 5.41) is 5.46. The number of para-hydroxylation sites is 2. The van der Waals surface area contributed by atoms with Crippen LogP contribution in [0.25, 0.3) is 210 Å². The Hall–Kier alpha value is -15.7. The summed E-state index contributed by atoms with van der Waals surface area (Å²) in [6.07, 6.45) is -19.6. The summed E-state index contributed by atoms with van der Waals surface area (Å²) in [7, 11) is 0. The SMILES string of the molecule is Cc1ccccc1-c1ccc2c(c1)c1ccccc1n2-c1cc(-c2ccc(C(F)(F)F)c(-n3c4ccccc4c4cc(-c5cc(-c6ccc(-c7ccc8c9ccc(-c%10ccccc%10C)cc9n(-c9cc(-c%10ccc(C(F)(F)F)c(-n%11c%12cc(-c%13ccccc%13C)ccc%12c%12ccc(-c%13ccccc%13C)cc%12%11)c%10)ccc9C(F)(F)F)c8c7)c(C)c6)ccc5C)ccc43)c2)ccc1C(F)(F)F. The number of halogens is 12. The van der Waals surface area contributed by atoms with Gasteiger partial charge in [0.25, 0.3) is 0 Å². The highest BCUT2D eigenvalue weighted by molar-refractivity contribution is 6.15. The van der Waals surface area contributed by atoms with Crippen molar-refractivity contribution in [1.29, 1.82) is 0 Å². The average Bonchev–Trinajstić information content (AvgIpc) is 1.57. The summed E-state index contributed by atoms with van der Waals surface area (Å²) in [5.74, 6) is 0. The third-order valence-corrected chi connectivity index (χ3v) is 27.0. The molecular weight excluding hydrogens is 1700 g/mol. The average molecular weight is 1780 g/mol. The van der Waals surface area contributed by atoms with Crippen molar-refractivity contribution in [1.82, 2.24) is 18.3 Å². The number of benzene rings is 18. The van der Waals surface area contributed by atoms with E-state index >= 15 is 52.7 Å². The minimum atomic E-state index is -4.95. The van der Waals surface area contributed by atoms with Crippen molar-refractivity contribution in [2.24, 2.45) is 0 Å². The fraction of sp³-hybridized carbons (Fsp3) is 0.0847. The Morgan fingerprint density at radius 1 is 0.149 bits per heavy atom. The molecule has 0 radical (unpaired) electrons. The van der Waals surface area contributed by atoms with E-state index in [2.05, 4.69) is 6.07 Å². The lowest BCUT2D eigenvalue weighted by atomic mass is 9.92. The van der Waals surface area contributed by atoms with Crippen LogP contribution in [0.4, 0.5) is 52.7 Å². The van der Waals surface area contributed by atoms with E-state index in [1.807, 2.05) is 296 Å². The van der Waals surface area contributed by atoms with E-state index in [0.29, 0.717) is 82.0 Å². The number of hydrogen-bond donors (Lipinski definition) is 0. The van der Waals surface area contributed by atoms with Gasteiger partial charge in [-0.3, -0.25) is 0 Å². The number of fused-ring (bicyclic) bond motifs is 12. The molecule has 134 heavy (non-hydrogen) atoms. The smallest absolute Gasteiger partial charge is 0.309 e. The number of aryl methyl sites for hydroxylation is 6. The van der Waals surface area contributed by atoms with Crippen LogP contribution < -0.4 is 0 Å². The molecule has 0 aliphatic rings. The van der Waals surface area contributed by atoms with E-state index in [-0.39, 0.29) is 45.0 Å². The lowest BCUT2D eigenvalue weighted by Crippen LogP contribution is -2.12.